The lowest BCUT2D eigenvalue weighted by Crippen LogP contribution is -2.56. The average molecular weight is 482 g/mol. The maximum atomic E-state index is 12.4. The van der Waals surface area contributed by atoms with E-state index in [0.29, 0.717) is 5.02 Å². The molecule has 0 spiro atoms. The van der Waals surface area contributed by atoms with Crippen LogP contribution in [0.15, 0.2) is 48.5 Å². The molecule has 148 valence electrons. The summed E-state index contributed by atoms with van der Waals surface area (Å²) in [6.07, 6.45) is -1.23. The molecule has 0 aliphatic rings. The van der Waals surface area contributed by atoms with E-state index in [1.807, 2.05) is 0 Å². The fraction of sp³-hybridized carbons (Fsp3) is 0.125. The van der Waals surface area contributed by atoms with E-state index in [0.717, 1.165) is 0 Å². The fourth-order valence-corrected chi connectivity index (χ4v) is 2.72. The second-order valence-corrected chi connectivity index (χ2v) is 8.54. The summed E-state index contributed by atoms with van der Waals surface area (Å²) in [5, 5.41) is 19.2. The van der Waals surface area contributed by atoms with E-state index in [1.165, 1.54) is 42.5 Å². The van der Waals surface area contributed by atoms with Crippen LogP contribution in [-0.4, -0.2) is 25.9 Å². The molecule has 1 amide bonds. The van der Waals surface area contributed by atoms with E-state index in [4.69, 9.17) is 58.6 Å². The molecular weight excluding hydrogens is 470 g/mol. The third kappa shape index (κ3) is 6.35. The van der Waals surface area contributed by atoms with Crippen molar-refractivity contribution in [2.75, 3.05) is 5.32 Å². The summed E-state index contributed by atoms with van der Waals surface area (Å²) in [5.41, 5.74) is 0.224. The van der Waals surface area contributed by atoms with Gasteiger partial charge in [0.1, 0.15) is 11.9 Å². The van der Waals surface area contributed by atoms with Gasteiger partial charge in [-0.1, -0.05) is 58.5 Å². The van der Waals surface area contributed by atoms with Crippen LogP contribution in [0.25, 0.3) is 0 Å². The number of hydrogen-bond donors (Lipinski definition) is 3. The number of anilines is 1. The van der Waals surface area contributed by atoms with Gasteiger partial charge in [-0.3, -0.25) is 14.9 Å². The molecule has 0 aliphatic heterocycles. The lowest BCUT2D eigenvalue weighted by molar-refractivity contribution is -0.383. The maximum absolute atomic E-state index is 12.4. The number of hydrogen-bond acceptors (Lipinski definition) is 4. The number of halogens is 4. The molecule has 0 saturated carbocycles. The number of nitro benzene ring substituents is 1. The van der Waals surface area contributed by atoms with Gasteiger partial charge in [-0.05, 0) is 42.5 Å². The summed E-state index contributed by atoms with van der Waals surface area (Å²) in [4.78, 5) is 22.9. The number of thiocarbonyl (C=S) groups is 1. The van der Waals surface area contributed by atoms with E-state index in [9.17, 15) is 14.9 Å². The van der Waals surface area contributed by atoms with Crippen LogP contribution >= 0.6 is 58.6 Å². The van der Waals surface area contributed by atoms with Crippen molar-refractivity contribution in [3.05, 3.63) is 69.2 Å². The second kappa shape index (κ2) is 9.58. The Morgan fingerprint density at radius 1 is 1.07 bits per heavy atom. The number of nitro groups is 1. The van der Waals surface area contributed by atoms with Crippen LogP contribution in [-0.2, 0) is 0 Å². The summed E-state index contributed by atoms with van der Waals surface area (Å²) in [6.45, 7) is 0. The van der Waals surface area contributed by atoms with Gasteiger partial charge in [0.05, 0.1) is 4.92 Å². The standard InChI is InChI=1S/C16H12Cl4N4O3S/c17-10-7-5-9(6-8-10)13(25)22-14(16(18,19)20)23-15(28)21-11-3-1-2-4-12(11)24(26)27/h1-8,14H,(H,22,25)(H2,21,23,28). The molecule has 28 heavy (non-hydrogen) atoms. The highest BCUT2D eigenvalue weighted by Gasteiger charge is 2.35. The first kappa shape index (κ1) is 22.4. The molecule has 2 aromatic carbocycles. The van der Waals surface area contributed by atoms with Crippen molar-refractivity contribution >= 4 is 81.0 Å². The smallest absolute Gasteiger partial charge is 0.292 e. The molecule has 0 fully saturated rings. The van der Waals surface area contributed by atoms with Gasteiger partial charge < -0.3 is 16.0 Å². The van der Waals surface area contributed by atoms with Crippen molar-refractivity contribution in [1.29, 1.82) is 0 Å². The van der Waals surface area contributed by atoms with Gasteiger partial charge in [0, 0.05) is 16.7 Å². The van der Waals surface area contributed by atoms with Gasteiger partial charge in [-0.2, -0.15) is 0 Å². The highest BCUT2D eigenvalue weighted by atomic mass is 35.6. The molecule has 1 atom stereocenters. The molecule has 0 radical (unpaired) electrons. The molecule has 2 rings (SSSR count). The Kier molecular flexibility index (Phi) is 7.68. The summed E-state index contributed by atoms with van der Waals surface area (Å²) < 4.78 is -1.98. The number of para-hydroxylation sites is 2. The summed E-state index contributed by atoms with van der Waals surface area (Å²) in [5.74, 6) is -0.547. The molecule has 0 aliphatic carbocycles. The number of nitrogens with zero attached hydrogens (tertiary/aromatic N) is 1. The van der Waals surface area contributed by atoms with Crippen molar-refractivity contribution in [2.45, 2.75) is 9.96 Å². The van der Waals surface area contributed by atoms with Crippen molar-refractivity contribution < 1.29 is 9.72 Å². The number of rotatable bonds is 5. The largest absolute Gasteiger partial charge is 0.339 e. The number of carbonyl (C=O) groups excluding carboxylic acids is 1. The Balaban J connectivity index is 2.12. The Hall–Kier alpha value is -1.84. The van der Waals surface area contributed by atoms with E-state index in [1.54, 1.807) is 6.07 Å². The highest BCUT2D eigenvalue weighted by Crippen LogP contribution is 2.30. The van der Waals surface area contributed by atoms with E-state index in [2.05, 4.69) is 16.0 Å². The van der Waals surface area contributed by atoms with E-state index < -0.39 is 20.8 Å². The number of benzene rings is 2. The summed E-state index contributed by atoms with van der Waals surface area (Å²) >= 11 is 28.7. The zero-order chi connectivity index (χ0) is 20.9. The van der Waals surface area contributed by atoms with Crippen molar-refractivity contribution in [1.82, 2.24) is 10.6 Å². The van der Waals surface area contributed by atoms with Gasteiger partial charge in [-0.25, -0.2) is 0 Å². The van der Waals surface area contributed by atoms with Crippen molar-refractivity contribution in [3.63, 3.8) is 0 Å². The lowest BCUT2D eigenvalue weighted by Gasteiger charge is -2.27. The summed E-state index contributed by atoms with van der Waals surface area (Å²) in [7, 11) is 0. The minimum atomic E-state index is -1.98. The number of nitrogens with one attached hydrogen (secondary N) is 3. The fourth-order valence-electron chi connectivity index (χ4n) is 2.04. The van der Waals surface area contributed by atoms with Gasteiger partial charge >= 0.3 is 0 Å². The highest BCUT2D eigenvalue weighted by molar-refractivity contribution is 7.80. The normalized spacial score (nSPS) is 12.0. The van der Waals surface area contributed by atoms with Gasteiger partial charge in [-0.15, -0.1) is 0 Å². The molecule has 1 unspecified atom stereocenters. The molecule has 0 bridgehead atoms. The minimum Gasteiger partial charge on any atom is -0.339 e. The minimum absolute atomic E-state index is 0.0953. The predicted molar refractivity (Wildman–Crippen MR) is 115 cm³/mol. The molecule has 3 N–H and O–H groups in total. The van der Waals surface area contributed by atoms with Crippen LogP contribution in [0, 0.1) is 10.1 Å². The Bertz CT molecular complexity index is 890. The zero-order valence-electron chi connectivity index (χ0n) is 13.8. The van der Waals surface area contributed by atoms with Crippen LogP contribution in [0.3, 0.4) is 0 Å². The van der Waals surface area contributed by atoms with Crippen molar-refractivity contribution in [2.24, 2.45) is 0 Å². The first-order valence-electron chi connectivity index (χ1n) is 7.52. The van der Waals surface area contributed by atoms with Crippen LogP contribution < -0.4 is 16.0 Å². The molecule has 0 heterocycles. The quantitative estimate of drug-likeness (QED) is 0.189. The van der Waals surface area contributed by atoms with Crippen LogP contribution in [0.2, 0.25) is 5.02 Å². The SMILES string of the molecule is O=C(NC(NC(=S)Nc1ccccc1[N+](=O)[O-])C(Cl)(Cl)Cl)c1ccc(Cl)cc1. The molecular formula is C16H12Cl4N4O3S. The third-order valence-corrected chi connectivity index (χ3v) is 4.46. The monoisotopic (exact) mass is 480 g/mol. The Labute approximate surface area is 185 Å². The summed E-state index contributed by atoms with van der Waals surface area (Å²) in [6, 6.07) is 11.9. The van der Waals surface area contributed by atoms with E-state index in [-0.39, 0.29) is 22.1 Å². The van der Waals surface area contributed by atoms with Gasteiger partial charge in [0.25, 0.3) is 11.6 Å². The topological polar surface area (TPSA) is 96.3 Å². The Morgan fingerprint density at radius 3 is 2.25 bits per heavy atom. The zero-order valence-corrected chi connectivity index (χ0v) is 17.6. The number of amides is 1. The Morgan fingerprint density at radius 2 is 1.68 bits per heavy atom. The molecule has 0 aromatic heterocycles. The molecule has 12 heteroatoms. The molecule has 2 aromatic rings. The van der Waals surface area contributed by atoms with Crippen LogP contribution in [0.5, 0.6) is 0 Å². The number of carbonyl (C=O) groups is 1. The third-order valence-electron chi connectivity index (χ3n) is 3.33. The average Bonchev–Trinajstić information content (AvgIpc) is 2.61. The first-order chi connectivity index (χ1) is 13.1. The molecule has 0 saturated heterocycles. The van der Waals surface area contributed by atoms with E-state index >= 15 is 0 Å². The molecule has 7 nitrogen and oxygen atoms in total. The number of alkyl halides is 3. The van der Waals surface area contributed by atoms with Gasteiger partial charge in [0.15, 0.2) is 5.11 Å². The van der Waals surface area contributed by atoms with Crippen LogP contribution in [0.4, 0.5) is 11.4 Å². The van der Waals surface area contributed by atoms with Gasteiger partial charge in [0.2, 0.25) is 3.79 Å². The maximum Gasteiger partial charge on any atom is 0.292 e. The van der Waals surface area contributed by atoms with Crippen molar-refractivity contribution in [3.8, 4) is 0 Å². The second-order valence-electron chi connectivity index (χ2n) is 5.33. The van der Waals surface area contributed by atoms with Crippen LogP contribution in [0.1, 0.15) is 10.4 Å². The lowest BCUT2D eigenvalue weighted by atomic mass is 10.2. The first-order valence-corrected chi connectivity index (χ1v) is 9.44. The predicted octanol–water partition coefficient (Wildman–Crippen LogP) is 4.66.